The van der Waals surface area contributed by atoms with Gasteiger partial charge in [0, 0.05) is 17.5 Å². The monoisotopic (exact) mass is 265 g/mol. The second kappa shape index (κ2) is 6.14. The Labute approximate surface area is 112 Å². The van der Waals surface area contributed by atoms with E-state index >= 15 is 0 Å². The molecule has 4 heteroatoms. The molecule has 18 heavy (non-hydrogen) atoms. The van der Waals surface area contributed by atoms with Crippen LogP contribution in [-0.2, 0) is 4.74 Å². The van der Waals surface area contributed by atoms with Gasteiger partial charge in [-0.2, -0.15) is 11.8 Å². The molecule has 0 spiro atoms. The first-order valence-corrected chi connectivity index (χ1v) is 7.39. The lowest BCUT2D eigenvalue weighted by molar-refractivity contribution is 0.0601. The maximum absolute atomic E-state index is 11.8. The van der Waals surface area contributed by atoms with Crippen molar-refractivity contribution in [2.24, 2.45) is 0 Å². The van der Waals surface area contributed by atoms with Gasteiger partial charge in [-0.1, -0.05) is 11.6 Å². The Morgan fingerprint density at radius 2 is 2.33 bits per heavy atom. The summed E-state index contributed by atoms with van der Waals surface area (Å²) in [6.45, 7) is 1.98. The van der Waals surface area contributed by atoms with Crippen molar-refractivity contribution in [3.05, 3.63) is 29.3 Å². The molecular formula is C14H19NO2S. The van der Waals surface area contributed by atoms with Gasteiger partial charge < -0.3 is 10.1 Å². The van der Waals surface area contributed by atoms with E-state index in [1.165, 1.54) is 25.7 Å². The molecule has 3 nitrogen and oxygen atoms in total. The number of benzene rings is 1. The third kappa shape index (κ3) is 3.19. The van der Waals surface area contributed by atoms with Crippen molar-refractivity contribution in [1.29, 1.82) is 0 Å². The van der Waals surface area contributed by atoms with Crippen LogP contribution < -0.4 is 5.32 Å². The molecule has 1 aliphatic rings. The Bertz CT molecular complexity index is 428. The fourth-order valence-electron chi connectivity index (χ4n) is 2.14. The van der Waals surface area contributed by atoms with Gasteiger partial charge in [-0.3, -0.25) is 0 Å². The number of rotatable bonds is 3. The molecule has 98 valence electrons. The van der Waals surface area contributed by atoms with Gasteiger partial charge in [0.15, 0.2) is 0 Å². The largest absolute Gasteiger partial charge is 0.465 e. The smallest absolute Gasteiger partial charge is 0.339 e. The normalized spacial score (nSPS) is 19.3. The summed E-state index contributed by atoms with van der Waals surface area (Å²) in [6, 6.07) is 6.32. The lowest BCUT2D eigenvalue weighted by Crippen LogP contribution is -2.26. The van der Waals surface area contributed by atoms with E-state index in [-0.39, 0.29) is 5.97 Å². The molecule has 0 saturated carbocycles. The minimum absolute atomic E-state index is 0.273. The Hall–Kier alpha value is -1.16. The van der Waals surface area contributed by atoms with Gasteiger partial charge in [-0.25, -0.2) is 4.79 Å². The van der Waals surface area contributed by atoms with Crippen molar-refractivity contribution in [2.75, 3.05) is 23.9 Å². The average Bonchev–Trinajstić information content (AvgIpc) is 2.41. The fraction of sp³-hybridized carbons (Fsp3) is 0.500. The van der Waals surface area contributed by atoms with Crippen LogP contribution in [-0.4, -0.2) is 30.6 Å². The van der Waals surface area contributed by atoms with Gasteiger partial charge in [-0.05, 0) is 37.7 Å². The summed E-state index contributed by atoms with van der Waals surface area (Å²) in [4.78, 5) is 11.8. The van der Waals surface area contributed by atoms with E-state index in [0.29, 0.717) is 11.6 Å². The molecule has 0 radical (unpaired) electrons. The summed E-state index contributed by atoms with van der Waals surface area (Å²) in [6.07, 6.45) is 2.41. The number of carbonyl (C=O) groups is 1. The Morgan fingerprint density at radius 3 is 3.00 bits per heavy atom. The Kier molecular flexibility index (Phi) is 4.53. The summed E-state index contributed by atoms with van der Waals surface area (Å²) in [7, 11) is 1.42. The molecule has 0 aromatic heterocycles. The summed E-state index contributed by atoms with van der Waals surface area (Å²) in [5.41, 5.74) is 2.59. The van der Waals surface area contributed by atoms with Crippen LogP contribution in [0.25, 0.3) is 0 Å². The van der Waals surface area contributed by atoms with Gasteiger partial charge in [0.2, 0.25) is 0 Å². The standard InChI is InChI=1S/C14H19NO2S/c1-10-5-6-13(12(8-10)14(16)17-2)15-11-4-3-7-18-9-11/h5-6,8,11,15H,3-4,7,9H2,1-2H3. The highest BCUT2D eigenvalue weighted by molar-refractivity contribution is 7.99. The molecule has 0 amide bonds. The van der Waals surface area contributed by atoms with E-state index in [1.54, 1.807) is 0 Å². The number of methoxy groups -OCH3 is 1. The lowest BCUT2D eigenvalue weighted by atomic mass is 10.1. The van der Waals surface area contributed by atoms with Crippen molar-refractivity contribution in [2.45, 2.75) is 25.8 Å². The highest BCUT2D eigenvalue weighted by Crippen LogP contribution is 2.24. The maximum Gasteiger partial charge on any atom is 0.339 e. The van der Waals surface area contributed by atoms with Gasteiger partial charge in [0.25, 0.3) is 0 Å². The molecule has 2 rings (SSSR count). The topological polar surface area (TPSA) is 38.3 Å². The molecule has 1 heterocycles. The van der Waals surface area contributed by atoms with Crippen molar-refractivity contribution in [1.82, 2.24) is 0 Å². The zero-order chi connectivity index (χ0) is 13.0. The molecule has 1 atom stereocenters. The zero-order valence-corrected chi connectivity index (χ0v) is 11.7. The first kappa shape index (κ1) is 13.3. The van der Waals surface area contributed by atoms with Crippen LogP contribution in [0, 0.1) is 6.92 Å². The van der Waals surface area contributed by atoms with E-state index < -0.39 is 0 Å². The fourth-order valence-corrected chi connectivity index (χ4v) is 3.21. The van der Waals surface area contributed by atoms with E-state index in [0.717, 1.165) is 17.0 Å². The van der Waals surface area contributed by atoms with Crippen molar-refractivity contribution < 1.29 is 9.53 Å². The number of hydrogen-bond donors (Lipinski definition) is 1. The highest BCUT2D eigenvalue weighted by Gasteiger charge is 2.17. The third-order valence-corrected chi connectivity index (χ3v) is 4.32. The van der Waals surface area contributed by atoms with Crippen LogP contribution in [0.4, 0.5) is 5.69 Å². The minimum Gasteiger partial charge on any atom is -0.465 e. The number of aryl methyl sites for hydroxylation is 1. The van der Waals surface area contributed by atoms with Crippen LogP contribution >= 0.6 is 11.8 Å². The summed E-state index contributed by atoms with van der Waals surface area (Å²) in [5, 5.41) is 3.47. The van der Waals surface area contributed by atoms with Crippen molar-refractivity contribution in [3.63, 3.8) is 0 Å². The zero-order valence-electron chi connectivity index (χ0n) is 10.9. The van der Waals surface area contributed by atoms with E-state index in [1.807, 2.05) is 36.9 Å². The molecular weight excluding hydrogens is 246 g/mol. The molecule has 1 aliphatic heterocycles. The number of nitrogens with one attached hydrogen (secondary N) is 1. The number of anilines is 1. The predicted molar refractivity (Wildman–Crippen MR) is 76.5 cm³/mol. The summed E-state index contributed by atoms with van der Waals surface area (Å²) < 4.78 is 4.84. The molecule has 1 unspecified atom stereocenters. The highest BCUT2D eigenvalue weighted by atomic mass is 32.2. The van der Waals surface area contributed by atoms with Crippen LogP contribution in [0.1, 0.15) is 28.8 Å². The molecule has 1 aromatic carbocycles. The van der Waals surface area contributed by atoms with Crippen LogP contribution in [0.2, 0.25) is 0 Å². The van der Waals surface area contributed by atoms with Gasteiger partial charge in [-0.15, -0.1) is 0 Å². The second-order valence-corrected chi connectivity index (χ2v) is 5.75. The number of ether oxygens (including phenoxy) is 1. The summed E-state index contributed by atoms with van der Waals surface area (Å²) >= 11 is 1.97. The molecule has 1 fully saturated rings. The van der Waals surface area contributed by atoms with Gasteiger partial charge in [0.1, 0.15) is 0 Å². The van der Waals surface area contributed by atoms with Gasteiger partial charge in [0.05, 0.1) is 12.7 Å². The molecule has 0 aliphatic carbocycles. The third-order valence-electron chi connectivity index (χ3n) is 3.10. The van der Waals surface area contributed by atoms with Crippen LogP contribution in [0.5, 0.6) is 0 Å². The number of carbonyl (C=O) groups excluding carboxylic acids is 1. The van der Waals surface area contributed by atoms with E-state index in [9.17, 15) is 4.79 Å². The molecule has 1 saturated heterocycles. The second-order valence-electron chi connectivity index (χ2n) is 4.60. The predicted octanol–water partition coefficient (Wildman–Crippen LogP) is 3.09. The molecule has 1 N–H and O–H groups in total. The Morgan fingerprint density at radius 1 is 1.50 bits per heavy atom. The lowest BCUT2D eigenvalue weighted by Gasteiger charge is -2.24. The molecule has 0 bridgehead atoms. The SMILES string of the molecule is COC(=O)c1cc(C)ccc1NC1CCCSC1. The number of hydrogen-bond acceptors (Lipinski definition) is 4. The average molecular weight is 265 g/mol. The Balaban J connectivity index is 2.17. The quantitative estimate of drug-likeness (QED) is 0.852. The minimum atomic E-state index is -0.273. The molecule has 1 aromatic rings. The van der Waals surface area contributed by atoms with E-state index in [2.05, 4.69) is 5.32 Å². The summed E-state index contributed by atoms with van der Waals surface area (Å²) in [5.74, 6) is 2.08. The maximum atomic E-state index is 11.8. The first-order chi connectivity index (χ1) is 8.70. The number of thioether (sulfide) groups is 1. The van der Waals surface area contributed by atoms with Crippen LogP contribution in [0.15, 0.2) is 18.2 Å². The van der Waals surface area contributed by atoms with E-state index in [4.69, 9.17) is 4.74 Å². The van der Waals surface area contributed by atoms with Crippen LogP contribution in [0.3, 0.4) is 0 Å². The van der Waals surface area contributed by atoms with Crippen molar-refractivity contribution in [3.8, 4) is 0 Å². The number of esters is 1. The first-order valence-electron chi connectivity index (χ1n) is 6.24. The van der Waals surface area contributed by atoms with Gasteiger partial charge >= 0.3 is 5.97 Å². The van der Waals surface area contributed by atoms with Crippen molar-refractivity contribution >= 4 is 23.4 Å².